The second-order valence-electron chi connectivity index (χ2n) is 4.85. The highest BCUT2D eigenvalue weighted by molar-refractivity contribution is 7.14. The van der Waals surface area contributed by atoms with Gasteiger partial charge in [-0.2, -0.15) is 0 Å². The zero-order valence-corrected chi connectivity index (χ0v) is 12.8. The molecule has 0 atom stereocenters. The number of hydrogen-bond acceptors (Lipinski definition) is 3. The largest absolute Gasteiger partial charge is 0.477 e. The molecule has 0 radical (unpaired) electrons. The molecule has 1 heterocycles. The molecule has 2 rings (SSSR count). The van der Waals surface area contributed by atoms with Crippen molar-refractivity contribution < 1.29 is 9.90 Å². The van der Waals surface area contributed by atoms with Gasteiger partial charge in [-0.3, -0.25) is 0 Å². The number of rotatable bonds is 5. The van der Waals surface area contributed by atoms with Crippen LogP contribution in [0.3, 0.4) is 0 Å². The average molecular weight is 289 g/mol. The van der Waals surface area contributed by atoms with Gasteiger partial charge in [-0.15, -0.1) is 11.3 Å². The summed E-state index contributed by atoms with van der Waals surface area (Å²) >= 11 is 1.35. The molecule has 0 saturated heterocycles. The Labute approximate surface area is 123 Å². The SMILES string of the molecule is CCN(Cc1cc(C(=O)O)sc1C)c1ccc(C)cc1. The van der Waals surface area contributed by atoms with Crippen molar-refractivity contribution in [3.63, 3.8) is 0 Å². The summed E-state index contributed by atoms with van der Waals surface area (Å²) in [5, 5.41) is 9.06. The second kappa shape index (κ2) is 6.09. The number of thiophene rings is 1. The number of aryl methyl sites for hydroxylation is 2. The number of carboxylic acid groups (broad SMARTS) is 1. The first kappa shape index (κ1) is 14.6. The van der Waals surface area contributed by atoms with Gasteiger partial charge in [0.15, 0.2) is 0 Å². The van der Waals surface area contributed by atoms with Crippen molar-refractivity contribution in [3.8, 4) is 0 Å². The van der Waals surface area contributed by atoms with Gasteiger partial charge in [-0.1, -0.05) is 17.7 Å². The van der Waals surface area contributed by atoms with Crippen molar-refractivity contribution in [2.24, 2.45) is 0 Å². The molecule has 0 bridgehead atoms. The molecule has 0 amide bonds. The van der Waals surface area contributed by atoms with Gasteiger partial charge < -0.3 is 10.0 Å². The van der Waals surface area contributed by atoms with Gasteiger partial charge in [0.1, 0.15) is 4.88 Å². The zero-order valence-electron chi connectivity index (χ0n) is 12.0. The maximum atomic E-state index is 11.0. The zero-order chi connectivity index (χ0) is 14.7. The number of hydrogen-bond donors (Lipinski definition) is 1. The van der Waals surface area contributed by atoms with Crippen LogP contribution >= 0.6 is 11.3 Å². The third-order valence-corrected chi connectivity index (χ3v) is 4.45. The molecule has 1 aromatic heterocycles. The van der Waals surface area contributed by atoms with Crippen LogP contribution in [0.1, 0.15) is 32.6 Å². The fourth-order valence-corrected chi connectivity index (χ4v) is 3.00. The Bertz CT molecular complexity index is 601. The Morgan fingerprint density at radius 2 is 1.90 bits per heavy atom. The van der Waals surface area contributed by atoms with Gasteiger partial charge in [-0.05, 0) is 44.5 Å². The van der Waals surface area contributed by atoms with Crippen molar-refractivity contribution in [1.82, 2.24) is 0 Å². The van der Waals surface area contributed by atoms with Crippen LogP contribution < -0.4 is 4.90 Å². The third kappa shape index (κ3) is 3.20. The maximum Gasteiger partial charge on any atom is 0.345 e. The van der Waals surface area contributed by atoms with Crippen LogP contribution in [0.2, 0.25) is 0 Å². The monoisotopic (exact) mass is 289 g/mol. The summed E-state index contributed by atoms with van der Waals surface area (Å²) in [5.74, 6) is -0.845. The summed E-state index contributed by atoms with van der Waals surface area (Å²) in [5.41, 5.74) is 3.50. The Morgan fingerprint density at radius 1 is 1.25 bits per heavy atom. The predicted molar refractivity (Wildman–Crippen MR) is 83.9 cm³/mol. The second-order valence-corrected chi connectivity index (χ2v) is 6.10. The van der Waals surface area contributed by atoms with Crippen molar-refractivity contribution in [2.45, 2.75) is 27.3 Å². The summed E-state index contributed by atoms with van der Waals surface area (Å²) < 4.78 is 0. The van der Waals surface area contributed by atoms with E-state index in [9.17, 15) is 4.79 Å². The first-order chi connectivity index (χ1) is 9.51. The lowest BCUT2D eigenvalue weighted by atomic mass is 10.2. The summed E-state index contributed by atoms with van der Waals surface area (Å²) in [4.78, 5) is 14.8. The fraction of sp³-hybridized carbons (Fsp3) is 0.312. The van der Waals surface area contributed by atoms with Gasteiger partial charge >= 0.3 is 5.97 Å². The summed E-state index contributed by atoms with van der Waals surface area (Å²) in [7, 11) is 0. The topological polar surface area (TPSA) is 40.5 Å². The molecule has 0 aliphatic rings. The lowest BCUT2D eigenvalue weighted by Gasteiger charge is -2.23. The predicted octanol–water partition coefficient (Wildman–Crippen LogP) is 4.09. The van der Waals surface area contributed by atoms with E-state index < -0.39 is 5.97 Å². The highest BCUT2D eigenvalue weighted by Crippen LogP contribution is 2.25. The Hall–Kier alpha value is -1.81. The standard InChI is InChI=1S/C16H19NO2S/c1-4-17(14-7-5-11(2)6-8-14)10-13-9-15(16(18)19)20-12(13)3/h5-9H,4,10H2,1-3H3,(H,18,19). The van der Waals surface area contributed by atoms with Crippen LogP contribution in [0, 0.1) is 13.8 Å². The molecule has 0 spiro atoms. The van der Waals surface area contributed by atoms with Gasteiger partial charge in [0, 0.05) is 23.7 Å². The first-order valence-electron chi connectivity index (χ1n) is 6.65. The molecule has 0 saturated carbocycles. The van der Waals surface area contributed by atoms with E-state index in [1.165, 1.54) is 22.6 Å². The Morgan fingerprint density at radius 3 is 2.40 bits per heavy atom. The van der Waals surface area contributed by atoms with Crippen molar-refractivity contribution in [1.29, 1.82) is 0 Å². The van der Waals surface area contributed by atoms with Crippen molar-refractivity contribution >= 4 is 23.0 Å². The minimum Gasteiger partial charge on any atom is -0.477 e. The quantitative estimate of drug-likeness (QED) is 0.901. The first-order valence-corrected chi connectivity index (χ1v) is 7.47. The van der Waals surface area contributed by atoms with Crippen molar-refractivity contribution in [3.05, 3.63) is 51.2 Å². The molecule has 0 unspecified atom stereocenters. The van der Waals surface area contributed by atoms with Crippen LogP contribution in [0.15, 0.2) is 30.3 Å². The fourth-order valence-electron chi connectivity index (χ4n) is 2.13. The number of carbonyl (C=O) groups is 1. The molecule has 4 heteroatoms. The van der Waals surface area contributed by atoms with Gasteiger partial charge in [-0.25, -0.2) is 4.79 Å². The van der Waals surface area contributed by atoms with E-state index in [1.807, 2.05) is 6.92 Å². The molecule has 20 heavy (non-hydrogen) atoms. The summed E-state index contributed by atoms with van der Waals surface area (Å²) in [6, 6.07) is 10.2. The molecular weight excluding hydrogens is 270 g/mol. The third-order valence-electron chi connectivity index (χ3n) is 3.37. The Balaban J connectivity index is 2.22. The molecule has 3 nitrogen and oxygen atoms in total. The molecule has 106 valence electrons. The van der Waals surface area contributed by atoms with E-state index in [1.54, 1.807) is 6.07 Å². The van der Waals surface area contributed by atoms with Crippen LogP contribution in [-0.2, 0) is 6.54 Å². The molecule has 0 fully saturated rings. The maximum absolute atomic E-state index is 11.0. The lowest BCUT2D eigenvalue weighted by Crippen LogP contribution is -2.22. The van der Waals surface area contributed by atoms with E-state index in [-0.39, 0.29) is 0 Å². The van der Waals surface area contributed by atoms with Crippen LogP contribution in [0.5, 0.6) is 0 Å². The highest BCUT2D eigenvalue weighted by Gasteiger charge is 2.13. The normalized spacial score (nSPS) is 10.6. The van der Waals surface area contributed by atoms with E-state index in [0.29, 0.717) is 4.88 Å². The van der Waals surface area contributed by atoms with Crippen LogP contribution in [-0.4, -0.2) is 17.6 Å². The Kier molecular flexibility index (Phi) is 4.45. The minimum absolute atomic E-state index is 0.414. The molecule has 2 aromatic rings. The van der Waals surface area contributed by atoms with E-state index in [2.05, 4.69) is 43.0 Å². The van der Waals surface area contributed by atoms with E-state index in [4.69, 9.17) is 5.11 Å². The molecule has 0 aliphatic carbocycles. The smallest absolute Gasteiger partial charge is 0.345 e. The average Bonchev–Trinajstić information content (AvgIpc) is 2.79. The van der Waals surface area contributed by atoms with Gasteiger partial charge in [0.2, 0.25) is 0 Å². The van der Waals surface area contributed by atoms with Crippen molar-refractivity contribution in [2.75, 3.05) is 11.4 Å². The number of nitrogens with zero attached hydrogens (tertiary/aromatic N) is 1. The number of aromatic carboxylic acids is 1. The summed E-state index contributed by atoms with van der Waals surface area (Å²) in [6.45, 7) is 7.80. The molecular formula is C16H19NO2S. The molecule has 1 aromatic carbocycles. The lowest BCUT2D eigenvalue weighted by molar-refractivity contribution is 0.0702. The number of carboxylic acids is 1. The highest BCUT2D eigenvalue weighted by atomic mass is 32.1. The van der Waals surface area contributed by atoms with Gasteiger partial charge in [0.05, 0.1) is 0 Å². The molecule has 0 aliphatic heterocycles. The minimum atomic E-state index is -0.845. The molecule has 1 N–H and O–H groups in total. The summed E-state index contributed by atoms with van der Waals surface area (Å²) in [6.07, 6.45) is 0. The van der Waals surface area contributed by atoms with Crippen LogP contribution in [0.4, 0.5) is 5.69 Å². The number of anilines is 1. The van der Waals surface area contributed by atoms with Crippen LogP contribution in [0.25, 0.3) is 0 Å². The van der Waals surface area contributed by atoms with Gasteiger partial charge in [0.25, 0.3) is 0 Å². The van der Waals surface area contributed by atoms with E-state index >= 15 is 0 Å². The number of benzene rings is 1. The van der Waals surface area contributed by atoms with E-state index in [0.717, 1.165) is 23.5 Å².